The number of para-hydroxylation sites is 1. The number of amides is 1. The lowest BCUT2D eigenvalue weighted by molar-refractivity contribution is -0.133. The minimum Gasteiger partial charge on any atom is -0.483 e. The first kappa shape index (κ1) is 16.2. The average molecular weight is 285 g/mol. The summed E-state index contributed by atoms with van der Waals surface area (Å²) < 4.78 is 5.34. The van der Waals surface area contributed by atoms with Gasteiger partial charge in [-0.1, -0.05) is 12.1 Å². The van der Waals surface area contributed by atoms with Crippen LogP contribution in [-0.4, -0.2) is 36.8 Å². The van der Waals surface area contributed by atoms with Gasteiger partial charge in [0.1, 0.15) is 5.75 Å². The van der Waals surface area contributed by atoms with Gasteiger partial charge in [-0.25, -0.2) is 0 Å². The second-order valence-electron chi connectivity index (χ2n) is 4.14. The van der Waals surface area contributed by atoms with Crippen molar-refractivity contribution in [3.63, 3.8) is 0 Å². The van der Waals surface area contributed by atoms with E-state index in [-0.39, 0.29) is 38.4 Å². The highest BCUT2D eigenvalue weighted by molar-refractivity contribution is 5.80. The molecule has 0 atom stereocenters. The summed E-state index contributed by atoms with van der Waals surface area (Å²) in [5.74, 6) is 0.0163. The summed E-state index contributed by atoms with van der Waals surface area (Å²) >= 11 is 0. The Morgan fingerprint density at radius 1 is 1.19 bits per heavy atom. The first-order chi connectivity index (χ1) is 10.2. The maximum absolute atomic E-state index is 12.0. The third-order valence-electron chi connectivity index (χ3n) is 2.74. The van der Waals surface area contributed by atoms with Gasteiger partial charge in [-0.2, -0.15) is 10.5 Å². The van der Waals surface area contributed by atoms with Gasteiger partial charge in [-0.05, 0) is 12.1 Å². The van der Waals surface area contributed by atoms with Crippen molar-refractivity contribution in [1.29, 1.82) is 10.5 Å². The largest absolute Gasteiger partial charge is 0.483 e. The van der Waals surface area contributed by atoms with Crippen LogP contribution in [0.4, 0.5) is 0 Å². The van der Waals surface area contributed by atoms with Crippen molar-refractivity contribution < 1.29 is 14.3 Å². The molecule has 0 aromatic heterocycles. The molecule has 1 rings (SSSR count). The van der Waals surface area contributed by atoms with Crippen molar-refractivity contribution in [3.8, 4) is 17.9 Å². The van der Waals surface area contributed by atoms with Gasteiger partial charge in [-0.15, -0.1) is 0 Å². The highest BCUT2D eigenvalue weighted by Crippen LogP contribution is 2.15. The molecule has 0 fully saturated rings. The summed E-state index contributed by atoms with van der Waals surface area (Å²) in [6.07, 6.45) is 1.05. The Balaban J connectivity index is 2.62. The van der Waals surface area contributed by atoms with Gasteiger partial charge >= 0.3 is 0 Å². The van der Waals surface area contributed by atoms with Crippen LogP contribution < -0.4 is 4.74 Å². The van der Waals surface area contributed by atoms with Crippen LogP contribution in [0.3, 0.4) is 0 Å². The fourth-order valence-corrected chi connectivity index (χ4v) is 1.67. The quantitative estimate of drug-likeness (QED) is 0.675. The summed E-state index contributed by atoms with van der Waals surface area (Å²) in [6, 6.07) is 10.5. The number of benzene rings is 1. The molecule has 0 saturated heterocycles. The van der Waals surface area contributed by atoms with Gasteiger partial charge in [0.2, 0.25) is 0 Å². The number of nitriles is 2. The first-order valence-electron chi connectivity index (χ1n) is 6.41. The molecule has 0 radical (unpaired) electrons. The summed E-state index contributed by atoms with van der Waals surface area (Å²) in [5, 5.41) is 17.2. The molecule has 0 unspecified atom stereocenters. The Kier molecular flexibility index (Phi) is 7.02. The normalized spacial score (nSPS) is 9.24. The zero-order valence-corrected chi connectivity index (χ0v) is 11.5. The molecule has 1 amide bonds. The van der Waals surface area contributed by atoms with Crippen LogP contribution in [-0.2, 0) is 4.79 Å². The lowest BCUT2D eigenvalue weighted by Crippen LogP contribution is -2.36. The zero-order valence-electron chi connectivity index (χ0n) is 11.5. The number of ether oxygens (including phenoxy) is 1. The predicted octanol–water partition coefficient (Wildman–Crippen LogP) is 1.53. The molecule has 6 nitrogen and oxygen atoms in total. The van der Waals surface area contributed by atoms with Crippen LogP contribution in [0.1, 0.15) is 23.2 Å². The minimum absolute atomic E-state index is 0.197. The summed E-state index contributed by atoms with van der Waals surface area (Å²) in [6.45, 7) is 0.285. The highest BCUT2D eigenvalue weighted by atomic mass is 16.5. The molecule has 0 aliphatic carbocycles. The van der Waals surface area contributed by atoms with Crippen molar-refractivity contribution in [2.75, 3.05) is 19.7 Å². The van der Waals surface area contributed by atoms with Crippen molar-refractivity contribution in [2.45, 2.75) is 12.8 Å². The second-order valence-corrected chi connectivity index (χ2v) is 4.14. The maximum atomic E-state index is 12.0. The fraction of sp³-hybridized carbons (Fsp3) is 0.333. The van der Waals surface area contributed by atoms with Crippen LogP contribution >= 0.6 is 0 Å². The number of carbonyl (C=O) groups is 2. The van der Waals surface area contributed by atoms with E-state index in [1.807, 2.05) is 12.1 Å². The average Bonchev–Trinajstić information content (AvgIpc) is 2.53. The molecule has 6 heteroatoms. The van der Waals surface area contributed by atoms with E-state index in [0.717, 1.165) is 0 Å². The van der Waals surface area contributed by atoms with Crippen molar-refractivity contribution in [1.82, 2.24) is 4.90 Å². The Bertz CT molecular complexity index is 554. The van der Waals surface area contributed by atoms with Gasteiger partial charge in [0.15, 0.2) is 12.9 Å². The molecule has 0 spiro atoms. The molecule has 0 aliphatic heterocycles. The van der Waals surface area contributed by atoms with Gasteiger partial charge in [-0.3, -0.25) is 9.59 Å². The van der Waals surface area contributed by atoms with Crippen molar-refractivity contribution in [3.05, 3.63) is 29.8 Å². The van der Waals surface area contributed by atoms with Crippen LogP contribution in [0.2, 0.25) is 0 Å². The van der Waals surface area contributed by atoms with E-state index in [0.29, 0.717) is 17.6 Å². The number of rotatable bonds is 8. The van der Waals surface area contributed by atoms with E-state index >= 15 is 0 Å². The summed E-state index contributed by atoms with van der Waals surface area (Å²) in [4.78, 5) is 24.3. The van der Waals surface area contributed by atoms with Crippen LogP contribution in [0.15, 0.2) is 24.3 Å². The molecule has 0 saturated carbocycles. The monoisotopic (exact) mass is 285 g/mol. The molecular weight excluding hydrogens is 270 g/mol. The van der Waals surface area contributed by atoms with E-state index in [1.54, 1.807) is 24.3 Å². The lowest BCUT2D eigenvalue weighted by Gasteiger charge is -2.20. The molecule has 0 heterocycles. The minimum atomic E-state index is -0.318. The smallest absolute Gasteiger partial charge is 0.260 e. The maximum Gasteiger partial charge on any atom is 0.260 e. The van der Waals surface area contributed by atoms with Crippen molar-refractivity contribution >= 4 is 12.2 Å². The Labute approximate surface area is 123 Å². The number of carbonyl (C=O) groups excluding carboxylic acids is 2. The number of hydrogen-bond donors (Lipinski definition) is 0. The molecule has 0 N–H and O–H groups in total. The molecule has 1 aromatic rings. The number of nitrogens with zero attached hydrogens (tertiary/aromatic N) is 3. The Morgan fingerprint density at radius 3 is 2.38 bits per heavy atom. The zero-order chi connectivity index (χ0) is 15.5. The van der Waals surface area contributed by atoms with Gasteiger partial charge in [0, 0.05) is 13.1 Å². The topological polar surface area (TPSA) is 94.2 Å². The molecule has 1 aromatic carbocycles. The molecule has 21 heavy (non-hydrogen) atoms. The highest BCUT2D eigenvalue weighted by Gasteiger charge is 2.14. The standard InChI is InChI=1S/C15H15N3O3/c16-7-3-9-18(10-4-8-17)15(20)12-21-14-6-2-1-5-13(14)11-19/h1-2,5-6,11H,3-4,9-10,12H2. The second kappa shape index (κ2) is 9.11. The van der Waals surface area contributed by atoms with Gasteiger partial charge in [0.05, 0.1) is 30.5 Å². The van der Waals surface area contributed by atoms with E-state index in [1.165, 1.54) is 4.90 Å². The molecule has 0 bridgehead atoms. The first-order valence-corrected chi connectivity index (χ1v) is 6.41. The Morgan fingerprint density at radius 2 is 1.81 bits per heavy atom. The van der Waals surface area contributed by atoms with Gasteiger partial charge in [0.25, 0.3) is 5.91 Å². The molecular formula is C15H15N3O3. The van der Waals surface area contributed by atoms with Crippen LogP contribution in [0.25, 0.3) is 0 Å². The Hall–Kier alpha value is -2.86. The predicted molar refractivity (Wildman–Crippen MR) is 74.4 cm³/mol. The van der Waals surface area contributed by atoms with Crippen LogP contribution in [0, 0.1) is 22.7 Å². The van der Waals surface area contributed by atoms with Gasteiger partial charge < -0.3 is 9.64 Å². The van der Waals surface area contributed by atoms with Crippen molar-refractivity contribution in [2.24, 2.45) is 0 Å². The lowest BCUT2D eigenvalue weighted by atomic mass is 10.2. The van der Waals surface area contributed by atoms with E-state index in [9.17, 15) is 9.59 Å². The van der Waals surface area contributed by atoms with E-state index < -0.39 is 0 Å². The SMILES string of the molecule is N#CCCN(CCC#N)C(=O)COc1ccccc1C=O. The summed E-state index contributed by atoms with van der Waals surface area (Å²) in [7, 11) is 0. The molecule has 108 valence electrons. The van der Waals surface area contributed by atoms with E-state index in [2.05, 4.69) is 0 Å². The van der Waals surface area contributed by atoms with Crippen LogP contribution in [0.5, 0.6) is 5.75 Å². The third kappa shape index (κ3) is 5.33. The fourth-order valence-electron chi connectivity index (χ4n) is 1.67. The third-order valence-corrected chi connectivity index (χ3v) is 2.74. The number of aldehydes is 1. The van der Waals surface area contributed by atoms with E-state index in [4.69, 9.17) is 15.3 Å². The molecule has 0 aliphatic rings. The summed E-state index contributed by atoms with van der Waals surface area (Å²) in [5.41, 5.74) is 0.367. The number of hydrogen-bond acceptors (Lipinski definition) is 5.